The summed E-state index contributed by atoms with van der Waals surface area (Å²) in [7, 11) is 0. The summed E-state index contributed by atoms with van der Waals surface area (Å²) in [5, 5.41) is 6.57. The van der Waals surface area contributed by atoms with Gasteiger partial charge in [0.2, 0.25) is 5.91 Å². The molecule has 112 valence electrons. The van der Waals surface area contributed by atoms with Crippen molar-refractivity contribution < 1.29 is 4.79 Å². The van der Waals surface area contributed by atoms with Crippen molar-refractivity contribution in [2.75, 3.05) is 32.7 Å². The normalized spacial score (nSPS) is 19.6. The maximum absolute atomic E-state index is 11.9. The van der Waals surface area contributed by atoms with Gasteiger partial charge in [0, 0.05) is 19.1 Å². The zero-order valence-corrected chi connectivity index (χ0v) is 12.7. The van der Waals surface area contributed by atoms with E-state index in [1.165, 1.54) is 19.3 Å². The van der Waals surface area contributed by atoms with Crippen LogP contribution in [0, 0.1) is 0 Å². The number of carbonyl (C=O) groups is 1. The van der Waals surface area contributed by atoms with Crippen molar-refractivity contribution in [3.8, 4) is 0 Å². The van der Waals surface area contributed by atoms with E-state index in [9.17, 15) is 4.79 Å². The average molecular weight is 269 g/mol. The largest absolute Gasteiger partial charge is 0.355 e. The first-order valence-corrected chi connectivity index (χ1v) is 7.98. The van der Waals surface area contributed by atoms with Gasteiger partial charge >= 0.3 is 0 Å². The monoisotopic (exact) mass is 269 g/mol. The summed E-state index contributed by atoms with van der Waals surface area (Å²) in [6.45, 7) is 8.84. The zero-order valence-electron chi connectivity index (χ0n) is 12.7. The molecule has 0 aliphatic carbocycles. The summed E-state index contributed by atoms with van der Waals surface area (Å²) in [5.74, 6) is 0.178. The predicted octanol–water partition coefficient (Wildman–Crippen LogP) is 1.76. The molecular weight excluding hydrogens is 238 g/mol. The van der Waals surface area contributed by atoms with Crippen molar-refractivity contribution >= 4 is 5.91 Å². The molecule has 0 radical (unpaired) electrons. The van der Waals surface area contributed by atoms with Crippen LogP contribution < -0.4 is 10.6 Å². The molecule has 0 aromatic heterocycles. The zero-order chi connectivity index (χ0) is 13.9. The van der Waals surface area contributed by atoms with Crippen LogP contribution in [-0.4, -0.2) is 49.6 Å². The minimum atomic E-state index is 0.178. The van der Waals surface area contributed by atoms with E-state index in [-0.39, 0.29) is 5.91 Å². The lowest BCUT2D eigenvalue weighted by molar-refractivity contribution is -0.122. The Morgan fingerprint density at radius 2 is 2.16 bits per heavy atom. The van der Waals surface area contributed by atoms with E-state index < -0.39 is 0 Å². The van der Waals surface area contributed by atoms with Gasteiger partial charge in [-0.1, -0.05) is 26.7 Å². The molecule has 1 aliphatic heterocycles. The van der Waals surface area contributed by atoms with Gasteiger partial charge in [0.1, 0.15) is 0 Å². The molecule has 4 heteroatoms. The topological polar surface area (TPSA) is 44.4 Å². The summed E-state index contributed by atoms with van der Waals surface area (Å²) >= 11 is 0. The van der Waals surface area contributed by atoms with Gasteiger partial charge in [-0.05, 0) is 38.8 Å². The standard InChI is InChI=1S/C15H31N3O/c1-3-5-9-17-15(19)13-18(11-4-2)12-14-8-6-7-10-16-14/h14,16H,3-13H2,1-2H3,(H,17,19). The van der Waals surface area contributed by atoms with E-state index >= 15 is 0 Å². The smallest absolute Gasteiger partial charge is 0.234 e. The SMILES string of the molecule is CCCCNC(=O)CN(CCC)CC1CCCCN1. The molecule has 0 bridgehead atoms. The number of unbranched alkanes of at least 4 members (excludes halogenated alkanes) is 1. The third-order valence-corrected chi connectivity index (χ3v) is 3.65. The molecule has 1 rings (SSSR count). The predicted molar refractivity (Wildman–Crippen MR) is 80.3 cm³/mol. The van der Waals surface area contributed by atoms with E-state index in [1.54, 1.807) is 0 Å². The molecule has 1 unspecified atom stereocenters. The highest BCUT2D eigenvalue weighted by Crippen LogP contribution is 2.08. The van der Waals surface area contributed by atoms with Crippen molar-refractivity contribution in [3.05, 3.63) is 0 Å². The maximum Gasteiger partial charge on any atom is 0.234 e. The van der Waals surface area contributed by atoms with E-state index in [0.717, 1.165) is 45.4 Å². The van der Waals surface area contributed by atoms with Crippen LogP contribution in [0.5, 0.6) is 0 Å². The van der Waals surface area contributed by atoms with Crippen LogP contribution in [0.15, 0.2) is 0 Å². The second-order valence-electron chi connectivity index (χ2n) is 5.59. The van der Waals surface area contributed by atoms with E-state index in [0.29, 0.717) is 12.6 Å². The molecule has 1 fully saturated rings. The molecule has 0 spiro atoms. The van der Waals surface area contributed by atoms with Crippen molar-refractivity contribution in [3.63, 3.8) is 0 Å². The lowest BCUT2D eigenvalue weighted by Crippen LogP contribution is -2.47. The molecule has 0 aromatic rings. The van der Waals surface area contributed by atoms with Gasteiger partial charge in [0.15, 0.2) is 0 Å². The minimum absolute atomic E-state index is 0.178. The third-order valence-electron chi connectivity index (χ3n) is 3.65. The Labute approximate surface area is 118 Å². The van der Waals surface area contributed by atoms with E-state index in [1.807, 2.05) is 0 Å². The fourth-order valence-corrected chi connectivity index (χ4v) is 2.61. The minimum Gasteiger partial charge on any atom is -0.355 e. The van der Waals surface area contributed by atoms with Crippen LogP contribution in [0.2, 0.25) is 0 Å². The quantitative estimate of drug-likeness (QED) is 0.627. The van der Waals surface area contributed by atoms with Gasteiger partial charge in [-0.15, -0.1) is 0 Å². The molecule has 19 heavy (non-hydrogen) atoms. The Morgan fingerprint density at radius 1 is 1.32 bits per heavy atom. The molecule has 1 aliphatic rings. The number of nitrogens with one attached hydrogen (secondary N) is 2. The highest BCUT2D eigenvalue weighted by atomic mass is 16.2. The van der Waals surface area contributed by atoms with Crippen LogP contribution in [0.4, 0.5) is 0 Å². The molecule has 4 nitrogen and oxygen atoms in total. The van der Waals surface area contributed by atoms with Crippen molar-refractivity contribution in [1.29, 1.82) is 0 Å². The van der Waals surface area contributed by atoms with Crippen LogP contribution in [0.3, 0.4) is 0 Å². The molecule has 1 atom stereocenters. The van der Waals surface area contributed by atoms with Crippen LogP contribution in [0.25, 0.3) is 0 Å². The maximum atomic E-state index is 11.9. The Morgan fingerprint density at radius 3 is 2.79 bits per heavy atom. The molecule has 0 aromatic carbocycles. The summed E-state index contributed by atoms with van der Waals surface area (Å²) in [4.78, 5) is 14.2. The lowest BCUT2D eigenvalue weighted by atomic mass is 10.0. The molecule has 1 heterocycles. The van der Waals surface area contributed by atoms with Crippen molar-refractivity contribution in [1.82, 2.24) is 15.5 Å². The molecular formula is C15H31N3O. The summed E-state index contributed by atoms with van der Waals surface area (Å²) in [6.07, 6.45) is 7.17. The first-order chi connectivity index (χ1) is 9.26. The second kappa shape index (κ2) is 10.2. The summed E-state index contributed by atoms with van der Waals surface area (Å²) in [5.41, 5.74) is 0. The van der Waals surface area contributed by atoms with Crippen molar-refractivity contribution in [2.24, 2.45) is 0 Å². The molecule has 2 N–H and O–H groups in total. The number of amides is 1. The highest BCUT2D eigenvalue weighted by Gasteiger charge is 2.17. The average Bonchev–Trinajstić information content (AvgIpc) is 2.40. The lowest BCUT2D eigenvalue weighted by Gasteiger charge is -2.30. The van der Waals surface area contributed by atoms with Gasteiger partial charge in [0.25, 0.3) is 0 Å². The van der Waals surface area contributed by atoms with Gasteiger partial charge in [-0.3, -0.25) is 9.69 Å². The van der Waals surface area contributed by atoms with Gasteiger partial charge in [-0.25, -0.2) is 0 Å². The number of piperidine rings is 1. The van der Waals surface area contributed by atoms with Crippen LogP contribution >= 0.6 is 0 Å². The number of nitrogens with zero attached hydrogens (tertiary/aromatic N) is 1. The Hall–Kier alpha value is -0.610. The number of rotatable bonds is 9. The first-order valence-electron chi connectivity index (χ1n) is 7.98. The summed E-state index contributed by atoms with van der Waals surface area (Å²) in [6, 6.07) is 0.573. The fourth-order valence-electron chi connectivity index (χ4n) is 2.61. The Kier molecular flexibility index (Phi) is 8.84. The van der Waals surface area contributed by atoms with E-state index in [2.05, 4.69) is 29.4 Å². The Bertz CT molecular complexity index is 240. The second-order valence-corrected chi connectivity index (χ2v) is 5.59. The fraction of sp³-hybridized carbons (Fsp3) is 0.933. The molecule has 1 amide bonds. The molecule has 0 saturated carbocycles. The number of carbonyl (C=O) groups excluding carboxylic acids is 1. The molecule has 1 saturated heterocycles. The number of hydrogen-bond acceptors (Lipinski definition) is 3. The number of hydrogen-bond donors (Lipinski definition) is 2. The third kappa shape index (κ3) is 7.53. The van der Waals surface area contributed by atoms with Gasteiger partial charge in [0.05, 0.1) is 6.54 Å². The Balaban J connectivity index is 2.27. The highest BCUT2D eigenvalue weighted by molar-refractivity contribution is 5.77. The van der Waals surface area contributed by atoms with E-state index in [4.69, 9.17) is 0 Å². The van der Waals surface area contributed by atoms with Crippen LogP contribution in [0.1, 0.15) is 52.4 Å². The van der Waals surface area contributed by atoms with Gasteiger partial charge in [-0.2, -0.15) is 0 Å². The van der Waals surface area contributed by atoms with Crippen LogP contribution in [-0.2, 0) is 4.79 Å². The summed E-state index contributed by atoms with van der Waals surface area (Å²) < 4.78 is 0. The van der Waals surface area contributed by atoms with Gasteiger partial charge < -0.3 is 10.6 Å². The van der Waals surface area contributed by atoms with Crippen molar-refractivity contribution in [2.45, 2.75) is 58.4 Å². The first kappa shape index (κ1) is 16.4.